The minimum absolute atomic E-state index is 0.0171. The molecule has 0 spiro atoms. The van der Waals surface area contributed by atoms with Crippen LogP contribution in [0.15, 0.2) is 60.7 Å². The quantitative estimate of drug-likeness (QED) is 0.0208. The lowest BCUT2D eigenvalue weighted by Gasteiger charge is -2.44. The molecule has 18 heteroatoms. The van der Waals surface area contributed by atoms with Gasteiger partial charge in [0.25, 0.3) is 12.9 Å². The lowest BCUT2D eigenvalue weighted by atomic mass is 9.81. The molecule has 2 aliphatic rings. The topological polar surface area (TPSA) is 200 Å². The molecule has 2 fully saturated rings. The molecule has 0 aliphatic carbocycles. The number of methoxy groups -OCH3 is 1. The minimum atomic E-state index is -4.67. The van der Waals surface area contributed by atoms with Crippen LogP contribution >= 0.6 is 0 Å². The van der Waals surface area contributed by atoms with Gasteiger partial charge in [0.05, 0.1) is 38.6 Å². The van der Waals surface area contributed by atoms with E-state index < -0.39 is 59.6 Å². The van der Waals surface area contributed by atoms with E-state index in [-0.39, 0.29) is 29.8 Å². The Bertz CT molecular complexity index is 2090. The Kier molecular flexibility index (Phi) is 48.4. The summed E-state index contributed by atoms with van der Waals surface area (Å²) in [6.45, 7) is 12.7. The van der Waals surface area contributed by atoms with Crippen molar-refractivity contribution in [2.45, 2.75) is 315 Å². The number of ether oxygens (including phenoxy) is 8. The van der Waals surface area contributed by atoms with Gasteiger partial charge in [0, 0.05) is 14.0 Å². The van der Waals surface area contributed by atoms with Crippen molar-refractivity contribution in [3.63, 3.8) is 0 Å². The van der Waals surface area contributed by atoms with Crippen LogP contribution in [0.5, 0.6) is 0 Å². The fourth-order valence-corrected chi connectivity index (χ4v) is 12.1. The highest BCUT2D eigenvalue weighted by Crippen LogP contribution is 2.39. The van der Waals surface area contributed by atoms with Crippen molar-refractivity contribution in [2.75, 3.05) is 20.3 Å². The fraction of sp³-hybridized carbons (Fsp3) is 0.789. The molecule has 0 bridgehead atoms. The Labute approximate surface area is 536 Å². The molecular weight excluding hydrogens is 1160 g/mol. The molecule has 5 unspecified atom stereocenters. The van der Waals surface area contributed by atoms with E-state index in [2.05, 4.69) is 13.8 Å². The standard InChI is InChI=1S/C36H59FO6.C35H59FO5.H2O4S/c1-29-30(2)35(41-27-32-23-19-18-20-24-32)36(42-31(3)39)43-34(29)33(37)25-21-16-14-12-10-8-6-4-5-7-9-11-13-15-17-22-26-40-28-38;1-29-30(2)34(40-27-31-23-19-18-20-24-31)35(38-3)41-33(29)32(36)25-21-16-14-12-10-8-6-4-5-7-9-11-13-15-17-22-26-39-28-37;1-5(2,3)4/h18-20,23-24,28-30,33-36H,4-17,21-22,25-27H2,1-3H3;18-20,23-24,28-30,32-35H,4-17,21-22,25-27H2,1-3H3;(H2,1,2,3,4)/t29-,30-,33-,34?,35?,36?;29-,30-,32-,33?,34?,35-;/m00./s1. The van der Waals surface area contributed by atoms with Gasteiger partial charge in [0.15, 0.2) is 6.29 Å². The molecule has 2 saturated heterocycles. The van der Waals surface area contributed by atoms with E-state index in [1.807, 2.05) is 74.5 Å². The highest BCUT2D eigenvalue weighted by molar-refractivity contribution is 7.79. The van der Waals surface area contributed by atoms with Crippen LogP contribution in [0, 0.1) is 23.7 Å². The van der Waals surface area contributed by atoms with Crippen molar-refractivity contribution in [1.29, 1.82) is 0 Å². The Morgan fingerprint density at radius 2 is 0.742 bits per heavy atom. The first kappa shape index (κ1) is 81.5. The number of alkyl halides is 2. The van der Waals surface area contributed by atoms with Gasteiger partial charge >= 0.3 is 16.4 Å². The molecule has 2 aromatic carbocycles. The average Bonchev–Trinajstić information content (AvgIpc) is 2.10. The van der Waals surface area contributed by atoms with Crippen LogP contribution in [-0.2, 0) is 75.9 Å². The molecular formula is C71H120F2O15S. The van der Waals surface area contributed by atoms with Gasteiger partial charge in [-0.15, -0.1) is 0 Å². The van der Waals surface area contributed by atoms with Crippen LogP contribution in [0.25, 0.3) is 0 Å². The van der Waals surface area contributed by atoms with Crippen molar-refractivity contribution in [3.8, 4) is 0 Å². The summed E-state index contributed by atoms with van der Waals surface area (Å²) >= 11 is 0. The van der Waals surface area contributed by atoms with Crippen LogP contribution < -0.4 is 0 Å². The maximum Gasteiger partial charge on any atom is 0.394 e. The first-order chi connectivity index (χ1) is 43.0. The monoisotopic (exact) mass is 1280 g/mol. The summed E-state index contributed by atoms with van der Waals surface area (Å²) in [6.07, 6.45) is 35.1. The lowest BCUT2D eigenvalue weighted by molar-refractivity contribution is -0.284. The van der Waals surface area contributed by atoms with Crippen LogP contribution in [0.3, 0.4) is 0 Å². The Hall–Kier alpha value is -3.62. The molecule has 4 rings (SSSR count). The van der Waals surface area contributed by atoms with E-state index in [1.54, 1.807) is 7.11 Å². The zero-order chi connectivity index (χ0) is 65.2. The third kappa shape index (κ3) is 40.9. The van der Waals surface area contributed by atoms with E-state index >= 15 is 8.78 Å². The van der Waals surface area contributed by atoms with Crippen LogP contribution in [0.2, 0.25) is 0 Å². The van der Waals surface area contributed by atoms with Crippen LogP contribution in [-0.4, -0.2) is 106 Å². The maximum absolute atomic E-state index is 15.4. The number of halogens is 2. The molecule has 15 nitrogen and oxygen atoms in total. The van der Waals surface area contributed by atoms with Crippen molar-refractivity contribution in [3.05, 3.63) is 71.8 Å². The third-order valence-electron chi connectivity index (χ3n) is 17.8. The van der Waals surface area contributed by atoms with E-state index in [1.165, 1.54) is 155 Å². The fourth-order valence-electron chi connectivity index (χ4n) is 12.1. The number of hydrogen-bond acceptors (Lipinski definition) is 13. The molecule has 0 amide bonds. The molecule has 0 saturated carbocycles. The number of carbonyl (C=O) groups excluding carboxylic acids is 3. The van der Waals surface area contributed by atoms with E-state index in [0.717, 1.165) is 68.9 Å². The zero-order valence-corrected chi connectivity index (χ0v) is 56.4. The number of hydrogen-bond donors (Lipinski definition) is 2. The zero-order valence-electron chi connectivity index (χ0n) is 55.6. The van der Waals surface area contributed by atoms with Crippen molar-refractivity contribution in [2.24, 2.45) is 23.7 Å². The van der Waals surface area contributed by atoms with Gasteiger partial charge < -0.3 is 37.9 Å². The second kappa shape index (κ2) is 52.8. The molecule has 2 N–H and O–H groups in total. The van der Waals surface area contributed by atoms with Gasteiger partial charge in [-0.2, -0.15) is 8.42 Å². The van der Waals surface area contributed by atoms with Gasteiger partial charge in [-0.3, -0.25) is 23.5 Å². The number of esters is 1. The number of carbonyl (C=O) groups is 3. The Morgan fingerprint density at radius 3 is 1.02 bits per heavy atom. The van der Waals surface area contributed by atoms with Crippen molar-refractivity contribution >= 4 is 29.3 Å². The highest BCUT2D eigenvalue weighted by Gasteiger charge is 2.47. The van der Waals surface area contributed by atoms with Crippen LogP contribution in [0.4, 0.5) is 8.78 Å². The van der Waals surface area contributed by atoms with Gasteiger partial charge in [0.2, 0.25) is 6.29 Å². The van der Waals surface area contributed by atoms with Gasteiger partial charge in [-0.1, -0.05) is 281 Å². The van der Waals surface area contributed by atoms with Crippen molar-refractivity contribution in [1.82, 2.24) is 0 Å². The summed E-state index contributed by atoms with van der Waals surface area (Å²) in [5, 5.41) is 0. The summed E-state index contributed by atoms with van der Waals surface area (Å²) in [7, 11) is -3.04. The largest absolute Gasteiger partial charge is 0.468 e. The third-order valence-corrected chi connectivity index (χ3v) is 17.8. The molecule has 514 valence electrons. The molecule has 2 aromatic rings. The molecule has 2 heterocycles. The maximum atomic E-state index is 15.4. The Balaban J connectivity index is 0.000000564. The predicted octanol–water partition coefficient (Wildman–Crippen LogP) is 18.0. The highest BCUT2D eigenvalue weighted by atomic mass is 32.3. The van der Waals surface area contributed by atoms with Gasteiger partial charge in [-0.05, 0) is 60.5 Å². The summed E-state index contributed by atoms with van der Waals surface area (Å²) in [4.78, 5) is 32.0. The minimum Gasteiger partial charge on any atom is -0.468 e. The smallest absolute Gasteiger partial charge is 0.394 e. The summed E-state index contributed by atoms with van der Waals surface area (Å²) in [5.74, 6) is -0.305. The second-order valence-electron chi connectivity index (χ2n) is 25.0. The average molecular weight is 1280 g/mol. The van der Waals surface area contributed by atoms with Gasteiger partial charge in [-0.25, -0.2) is 8.78 Å². The van der Waals surface area contributed by atoms with E-state index in [0.29, 0.717) is 52.2 Å². The summed E-state index contributed by atoms with van der Waals surface area (Å²) in [5.41, 5.74) is 2.14. The number of rotatable bonds is 50. The SMILES string of the molecule is CC(=O)OC1OC([C@@H](F)CCCCCCCCCCCCCCCCCCOC=O)[C@@H](C)[C@H](C)C1OCc1ccccc1.CO[C@H]1OC([C@@H](F)CCCCCCCCCCCCCCCCCCOC=O)[C@@H](C)[C@H](C)C1OCc1ccccc1.O=S(=O)(O)O. The first-order valence-electron chi connectivity index (χ1n) is 34.4. The van der Waals surface area contributed by atoms with Gasteiger partial charge in [0.1, 0.15) is 24.6 Å². The first-order valence-corrected chi connectivity index (χ1v) is 35.8. The molecule has 89 heavy (non-hydrogen) atoms. The van der Waals surface area contributed by atoms with Crippen LogP contribution in [0.1, 0.15) is 264 Å². The normalized spacial score (nSPS) is 22.4. The molecule has 0 aromatic heterocycles. The predicted molar refractivity (Wildman–Crippen MR) is 348 cm³/mol. The summed E-state index contributed by atoms with van der Waals surface area (Å²) in [6, 6.07) is 20.0. The number of benzene rings is 2. The Morgan fingerprint density at radius 1 is 0.472 bits per heavy atom. The molecule has 2 aliphatic heterocycles. The molecule has 0 radical (unpaired) electrons. The summed E-state index contributed by atoms with van der Waals surface area (Å²) < 4.78 is 107. The molecule has 12 atom stereocenters. The number of unbranched alkanes of at least 4 members (excludes halogenated alkanes) is 30. The lowest BCUT2D eigenvalue weighted by Crippen LogP contribution is -2.54. The van der Waals surface area contributed by atoms with Crippen molar-refractivity contribution < 1.29 is 78.6 Å². The van der Waals surface area contributed by atoms with E-state index in [4.69, 9.17) is 55.4 Å². The van der Waals surface area contributed by atoms with E-state index in [9.17, 15) is 14.4 Å². The second-order valence-corrected chi connectivity index (χ2v) is 25.9.